The van der Waals surface area contributed by atoms with Gasteiger partial charge in [0.15, 0.2) is 10.8 Å². The smallest absolute Gasteiger partial charge is 0.354 e. The molecule has 0 fully saturated rings. The highest BCUT2D eigenvalue weighted by atomic mass is 32.1. The maximum atomic E-state index is 11.7. The van der Waals surface area contributed by atoms with Crippen molar-refractivity contribution in [1.82, 2.24) is 5.43 Å². The van der Waals surface area contributed by atoms with Gasteiger partial charge in [-0.05, 0) is 12.2 Å². The van der Waals surface area contributed by atoms with Crippen molar-refractivity contribution in [2.45, 2.75) is 0 Å². The van der Waals surface area contributed by atoms with E-state index >= 15 is 0 Å². The highest BCUT2D eigenvalue weighted by Crippen LogP contribution is 1.79. The van der Waals surface area contributed by atoms with Crippen molar-refractivity contribution >= 4 is 29.0 Å². The molecule has 0 aliphatic heterocycles. The summed E-state index contributed by atoms with van der Waals surface area (Å²) in [6.45, 7) is -1.18. The summed E-state index contributed by atoms with van der Waals surface area (Å²) in [5.41, 5.74) is 6.18. The van der Waals surface area contributed by atoms with Crippen LogP contribution in [0.1, 0.15) is 0 Å². The van der Waals surface area contributed by atoms with Crippen molar-refractivity contribution in [3.8, 4) is 0 Å². The van der Waals surface area contributed by atoms with Gasteiger partial charge < -0.3 is 10.8 Å². The molecule has 0 aromatic heterocycles. The summed E-state index contributed by atoms with van der Waals surface area (Å²) in [5.74, 6) is -1.45. The zero-order chi connectivity index (χ0) is 8.85. The van der Waals surface area contributed by atoms with Gasteiger partial charge in [0, 0.05) is 0 Å². The molecule has 0 saturated carbocycles. The van der Waals surface area contributed by atoms with Crippen LogP contribution in [-0.2, 0) is 4.79 Å². The number of nitrogens with zero attached hydrogens (tertiary/aromatic N) is 1. The lowest BCUT2D eigenvalue weighted by Crippen LogP contribution is -2.28. The maximum Gasteiger partial charge on any atom is 0.354 e. The number of halogens is 1. The first-order valence-electron chi connectivity index (χ1n) is 2.49. The summed E-state index contributed by atoms with van der Waals surface area (Å²) in [4.78, 5) is 10.0. The highest BCUT2D eigenvalue weighted by Gasteiger charge is 2.07. The number of alkyl halides is 1. The first kappa shape index (κ1) is 9.76. The molecule has 0 amide bonds. The Balaban J connectivity index is 4.13. The van der Waals surface area contributed by atoms with E-state index in [1.54, 1.807) is 0 Å². The van der Waals surface area contributed by atoms with Crippen LogP contribution in [-0.4, -0.2) is 28.6 Å². The fourth-order valence-electron chi connectivity index (χ4n) is 0.257. The van der Waals surface area contributed by atoms with E-state index in [1.165, 1.54) is 0 Å². The standard InChI is InChI=1S/C4H6FN3O2S/c5-1-2(3(9)10)7-8-4(6)11/h1H2,(H,9,10)(H3,6,8,11)/b7-2-. The summed E-state index contributed by atoms with van der Waals surface area (Å²) < 4.78 is 11.7. The van der Waals surface area contributed by atoms with Crippen LogP contribution in [0.4, 0.5) is 4.39 Å². The third-order valence-electron chi connectivity index (χ3n) is 0.674. The number of hydrogen-bond acceptors (Lipinski definition) is 3. The maximum absolute atomic E-state index is 11.7. The second kappa shape index (κ2) is 4.56. The number of nitrogens with one attached hydrogen (secondary N) is 1. The molecule has 0 rings (SSSR count). The van der Waals surface area contributed by atoms with Crippen molar-refractivity contribution in [3.63, 3.8) is 0 Å². The van der Waals surface area contributed by atoms with Crippen molar-refractivity contribution in [2.24, 2.45) is 10.8 Å². The Kier molecular flexibility index (Phi) is 4.04. The Labute approximate surface area is 67.1 Å². The van der Waals surface area contributed by atoms with E-state index in [2.05, 4.69) is 17.3 Å². The van der Waals surface area contributed by atoms with Gasteiger partial charge in [0.1, 0.15) is 6.67 Å². The van der Waals surface area contributed by atoms with E-state index in [0.717, 1.165) is 0 Å². The molecule has 0 aromatic rings. The average Bonchev–Trinajstić information content (AvgIpc) is 1.87. The normalized spacial score (nSPS) is 10.8. The van der Waals surface area contributed by atoms with Crippen LogP contribution in [0.5, 0.6) is 0 Å². The minimum Gasteiger partial charge on any atom is -0.477 e. The molecule has 0 spiro atoms. The summed E-state index contributed by atoms with van der Waals surface area (Å²) in [5, 5.41) is 11.0. The van der Waals surface area contributed by atoms with E-state index in [4.69, 9.17) is 10.8 Å². The van der Waals surface area contributed by atoms with E-state index in [1.807, 2.05) is 5.43 Å². The second-order valence-electron chi connectivity index (χ2n) is 1.47. The van der Waals surface area contributed by atoms with Gasteiger partial charge in [0.2, 0.25) is 0 Å². The van der Waals surface area contributed by atoms with Gasteiger partial charge >= 0.3 is 5.97 Å². The first-order chi connectivity index (χ1) is 5.07. The van der Waals surface area contributed by atoms with Crippen molar-refractivity contribution in [2.75, 3.05) is 6.67 Å². The molecule has 0 aromatic carbocycles. The average molecular weight is 179 g/mol. The molecule has 0 radical (unpaired) electrons. The second-order valence-corrected chi connectivity index (χ2v) is 1.91. The van der Waals surface area contributed by atoms with Crippen LogP contribution in [0.2, 0.25) is 0 Å². The number of nitrogens with two attached hydrogens (primary N) is 1. The van der Waals surface area contributed by atoms with Crippen LogP contribution in [0.3, 0.4) is 0 Å². The molecule has 0 aliphatic carbocycles. The number of carboxylic acids is 1. The largest absolute Gasteiger partial charge is 0.477 e. The van der Waals surface area contributed by atoms with Crippen LogP contribution < -0.4 is 11.2 Å². The van der Waals surface area contributed by atoms with Crippen molar-refractivity contribution in [3.05, 3.63) is 0 Å². The molecule has 0 aliphatic rings. The minimum absolute atomic E-state index is 0.211. The zero-order valence-corrected chi connectivity index (χ0v) is 6.19. The van der Waals surface area contributed by atoms with Gasteiger partial charge in [0.05, 0.1) is 0 Å². The lowest BCUT2D eigenvalue weighted by molar-refractivity contribution is -0.129. The first-order valence-corrected chi connectivity index (χ1v) is 2.90. The number of carbonyl (C=O) groups is 1. The summed E-state index contributed by atoms with van der Waals surface area (Å²) in [6.07, 6.45) is 0. The van der Waals surface area contributed by atoms with Crippen LogP contribution >= 0.6 is 12.2 Å². The predicted molar refractivity (Wildman–Crippen MR) is 41.0 cm³/mol. The molecule has 5 nitrogen and oxygen atoms in total. The van der Waals surface area contributed by atoms with Crippen molar-refractivity contribution < 1.29 is 14.3 Å². The summed E-state index contributed by atoms with van der Waals surface area (Å²) in [7, 11) is 0. The number of aliphatic carboxylic acids is 1. The Bertz CT molecular complexity index is 206. The molecule has 0 bridgehead atoms. The fourth-order valence-corrected chi connectivity index (χ4v) is 0.303. The lowest BCUT2D eigenvalue weighted by atomic mass is 10.4. The number of carboxylic acid groups (broad SMARTS) is 1. The van der Waals surface area contributed by atoms with Gasteiger partial charge in [-0.25, -0.2) is 9.18 Å². The molecule has 0 saturated heterocycles. The molecule has 0 unspecified atom stereocenters. The van der Waals surface area contributed by atoms with Gasteiger partial charge in [0.25, 0.3) is 0 Å². The number of thiocarbonyl (C=S) groups is 1. The topological polar surface area (TPSA) is 87.7 Å². The third-order valence-corrected chi connectivity index (χ3v) is 0.766. The summed E-state index contributed by atoms with van der Waals surface area (Å²) in [6, 6.07) is 0. The van der Waals surface area contributed by atoms with Gasteiger partial charge in [-0.15, -0.1) is 0 Å². The Morgan fingerprint density at radius 1 is 1.82 bits per heavy atom. The minimum atomic E-state index is -1.45. The molecule has 0 heterocycles. The SMILES string of the molecule is NC(=S)N/N=C(/CF)C(=O)O. The van der Waals surface area contributed by atoms with E-state index in [-0.39, 0.29) is 5.11 Å². The van der Waals surface area contributed by atoms with Gasteiger partial charge in [-0.2, -0.15) is 5.10 Å². The van der Waals surface area contributed by atoms with Gasteiger partial charge in [-0.1, -0.05) is 0 Å². The highest BCUT2D eigenvalue weighted by molar-refractivity contribution is 7.80. The predicted octanol–water partition coefficient (Wildman–Crippen LogP) is -0.770. The molecule has 62 valence electrons. The number of rotatable bonds is 3. The molecule has 7 heteroatoms. The summed E-state index contributed by atoms with van der Waals surface area (Å²) >= 11 is 4.29. The molecule has 4 N–H and O–H groups in total. The van der Waals surface area contributed by atoms with Crippen LogP contribution in [0.25, 0.3) is 0 Å². The third kappa shape index (κ3) is 4.20. The molecular weight excluding hydrogens is 173 g/mol. The van der Waals surface area contributed by atoms with E-state index in [9.17, 15) is 9.18 Å². The molecular formula is C4H6FN3O2S. The quantitative estimate of drug-likeness (QED) is 0.301. The number of hydrazone groups is 1. The Hall–Kier alpha value is -1.24. The van der Waals surface area contributed by atoms with E-state index in [0.29, 0.717) is 0 Å². The molecule has 0 atom stereocenters. The lowest BCUT2D eigenvalue weighted by Gasteiger charge is -1.96. The van der Waals surface area contributed by atoms with Crippen molar-refractivity contribution in [1.29, 1.82) is 0 Å². The Morgan fingerprint density at radius 2 is 2.36 bits per heavy atom. The monoisotopic (exact) mass is 179 g/mol. The van der Waals surface area contributed by atoms with Crippen LogP contribution in [0.15, 0.2) is 5.10 Å². The number of hydrogen-bond donors (Lipinski definition) is 3. The van der Waals surface area contributed by atoms with E-state index < -0.39 is 18.4 Å². The Morgan fingerprint density at radius 3 is 2.64 bits per heavy atom. The van der Waals surface area contributed by atoms with Gasteiger partial charge in [-0.3, -0.25) is 5.43 Å². The fraction of sp³-hybridized carbons (Fsp3) is 0.250. The van der Waals surface area contributed by atoms with Crippen LogP contribution in [0, 0.1) is 0 Å². The molecule has 11 heavy (non-hydrogen) atoms. The zero-order valence-electron chi connectivity index (χ0n) is 5.37.